The third-order valence-electron chi connectivity index (χ3n) is 4.04. The number of benzene rings is 1. The maximum absolute atomic E-state index is 12.2. The Bertz CT molecular complexity index is 754. The number of carbonyl (C=O) groups is 3. The molecule has 0 saturated heterocycles. The first-order valence-electron chi connectivity index (χ1n) is 8.16. The lowest BCUT2D eigenvalue weighted by Gasteiger charge is -2.13. The van der Waals surface area contributed by atoms with Crippen LogP contribution in [0.15, 0.2) is 48.8 Å². The smallest absolute Gasteiger partial charge is 0.307 e. The molecule has 0 radical (unpaired) electrons. The maximum atomic E-state index is 12.2. The van der Waals surface area contributed by atoms with Gasteiger partial charge in [-0.1, -0.05) is 12.1 Å². The van der Waals surface area contributed by atoms with Crippen molar-refractivity contribution in [2.45, 2.75) is 19.3 Å². The molecule has 2 aromatic rings. The summed E-state index contributed by atoms with van der Waals surface area (Å²) in [7, 11) is 0. The van der Waals surface area contributed by atoms with E-state index in [2.05, 4.69) is 4.98 Å². The molecule has 0 spiro atoms. The van der Waals surface area contributed by atoms with Gasteiger partial charge in [-0.3, -0.25) is 24.3 Å². The molecule has 0 atom stereocenters. The Balaban J connectivity index is 1.41. The van der Waals surface area contributed by atoms with Gasteiger partial charge in [0.25, 0.3) is 11.8 Å². The molecule has 1 aliphatic rings. The van der Waals surface area contributed by atoms with Crippen LogP contribution in [-0.2, 0) is 16.0 Å². The summed E-state index contributed by atoms with van der Waals surface area (Å²) in [5.41, 5.74) is 1.91. The number of hydrogen-bond acceptors (Lipinski definition) is 5. The summed E-state index contributed by atoms with van der Waals surface area (Å²) < 4.78 is 5.17. The minimum Gasteiger partial charge on any atom is -0.466 e. The number of nitrogens with zero attached hydrogens (tertiary/aromatic N) is 2. The van der Waals surface area contributed by atoms with Gasteiger partial charge in [-0.2, -0.15) is 0 Å². The monoisotopic (exact) mass is 338 g/mol. The van der Waals surface area contributed by atoms with Crippen molar-refractivity contribution in [1.29, 1.82) is 0 Å². The number of fused-ring (bicyclic) bond motifs is 1. The number of imide groups is 1. The van der Waals surface area contributed by atoms with E-state index in [4.69, 9.17) is 4.74 Å². The Hall–Kier alpha value is -3.02. The first-order chi connectivity index (χ1) is 12.2. The van der Waals surface area contributed by atoms with E-state index in [9.17, 15) is 14.4 Å². The Morgan fingerprint density at radius 3 is 2.28 bits per heavy atom. The molecule has 0 N–H and O–H groups in total. The van der Waals surface area contributed by atoms with Crippen molar-refractivity contribution in [1.82, 2.24) is 9.88 Å². The molecular formula is C19H18N2O4. The van der Waals surface area contributed by atoms with E-state index in [0.29, 0.717) is 24.2 Å². The first-order valence-corrected chi connectivity index (χ1v) is 8.16. The molecule has 25 heavy (non-hydrogen) atoms. The van der Waals surface area contributed by atoms with Gasteiger partial charge in [0.2, 0.25) is 0 Å². The Labute approximate surface area is 145 Å². The predicted molar refractivity (Wildman–Crippen MR) is 89.9 cm³/mol. The first kappa shape index (κ1) is 16.8. The van der Waals surface area contributed by atoms with Crippen LogP contribution in [0.25, 0.3) is 0 Å². The number of rotatable bonds is 7. The van der Waals surface area contributed by atoms with Gasteiger partial charge in [0, 0.05) is 18.9 Å². The molecule has 0 fully saturated rings. The minimum atomic E-state index is -0.411. The van der Waals surface area contributed by atoms with Gasteiger partial charge in [0.15, 0.2) is 0 Å². The summed E-state index contributed by atoms with van der Waals surface area (Å²) in [5, 5.41) is 0. The van der Waals surface area contributed by atoms with Gasteiger partial charge in [-0.15, -0.1) is 0 Å². The van der Waals surface area contributed by atoms with Crippen molar-refractivity contribution >= 4 is 17.8 Å². The second-order valence-corrected chi connectivity index (χ2v) is 5.74. The van der Waals surface area contributed by atoms with Crippen LogP contribution in [0, 0.1) is 0 Å². The molecular weight excluding hydrogens is 320 g/mol. The van der Waals surface area contributed by atoms with Crippen LogP contribution in [0.1, 0.15) is 39.1 Å². The summed E-state index contributed by atoms with van der Waals surface area (Å²) >= 11 is 0. The maximum Gasteiger partial charge on any atom is 0.307 e. The van der Waals surface area contributed by atoms with Crippen LogP contribution in [0.4, 0.5) is 0 Å². The lowest BCUT2D eigenvalue weighted by Crippen LogP contribution is -2.32. The van der Waals surface area contributed by atoms with Crippen molar-refractivity contribution < 1.29 is 19.1 Å². The average Bonchev–Trinajstić information content (AvgIpc) is 2.89. The molecule has 0 bridgehead atoms. The lowest BCUT2D eigenvalue weighted by atomic mass is 10.1. The van der Waals surface area contributed by atoms with Crippen LogP contribution >= 0.6 is 0 Å². The quantitative estimate of drug-likeness (QED) is 0.440. The van der Waals surface area contributed by atoms with Crippen molar-refractivity contribution in [3.8, 4) is 0 Å². The van der Waals surface area contributed by atoms with E-state index >= 15 is 0 Å². The fourth-order valence-electron chi connectivity index (χ4n) is 2.73. The normalized spacial score (nSPS) is 13.0. The highest BCUT2D eigenvalue weighted by molar-refractivity contribution is 6.21. The number of ether oxygens (including phenoxy) is 1. The Morgan fingerprint density at radius 1 is 1.00 bits per heavy atom. The molecule has 128 valence electrons. The van der Waals surface area contributed by atoms with E-state index in [1.165, 1.54) is 0 Å². The number of aryl methyl sites for hydroxylation is 1. The fourth-order valence-corrected chi connectivity index (χ4v) is 2.73. The number of hydrogen-bond donors (Lipinski definition) is 0. The van der Waals surface area contributed by atoms with E-state index in [1.54, 1.807) is 36.7 Å². The zero-order valence-corrected chi connectivity index (χ0v) is 13.7. The summed E-state index contributed by atoms with van der Waals surface area (Å²) in [6, 6.07) is 10.5. The summed E-state index contributed by atoms with van der Waals surface area (Å²) in [5.74, 6) is -1.12. The molecule has 2 heterocycles. The number of esters is 1. The molecule has 0 saturated carbocycles. The fraction of sp³-hybridized carbons (Fsp3) is 0.263. The number of aromatic nitrogens is 1. The van der Waals surface area contributed by atoms with E-state index < -0.39 is 5.97 Å². The van der Waals surface area contributed by atoms with Crippen LogP contribution in [0.5, 0.6) is 0 Å². The standard InChI is InChI=1S/C19H18N2O4/c22-17(25-13-3-4-14-7-10-20-11-8-14)9-12-21-18(23)15-5-1-2-6-16(15)19(21)24/h1-2,5-8,10-11H,3-4,9,12-13H2. The molecule has 1 aliphatic heterocycles. The summed E-state index contributed by atoms with van der Waals surface area (Å²) in [6.07, 6.45) is 4.96. The number of carbonyl (C=O) groups excluding carboxylic acids is 3. The zero-order valence-electron chi connectivity index (χ0n) is 13.7. The molecule has 6 nitrogen and oxygen atoms in total. The topological polar surface area (TPSA) is 76.6 Å². The van der Waals surface area contributed by atoms with E-state index in [0.717, 1.165) is 16.9 Å². The lowest BCUT2D eigenvalue weighted by molar-refractivity contribution is -0.143. The van der Waals surface area contributed by atoms with Gasteiger partial charge in [-0.05, 0) is 42.7 Å². The zero-order chi connectivity index (χ0) is 17.6. The van der Waals surface area contributed by atoms with Gasteiger partial charge < -0.3 is 4.74 Å². The molecule has 1 aromatic heterocycles. The van der Waals surface area contributed by atoms with Crippen molar-refractivity contribution in [3.63, 3.8) is 0 Å². The second kappa shape index (κ2) is 7.70. The Kier molecular flexibility index (Phi) is 5.18. The van der Waals surface area contributed by atoms with Crippen LogP contribution in [-0.4, -0.2) is 40.8 Å². The summed E-state index contributed by atoms with van der Waals surface area (Å²) in [6.45, 7) is 0.346. The van der Waals surface area contributed by atoms with E-state index in [-0.39, 0.29) is 24.8 Å². The van der Waals surface area contributed by atoms with Gasteiger partial charge >= 0.3 is 5.97 Å². The van der Waals surface area contributed by atoms with Gasteiger partial charge in [0.1, 0.15) is 0 Å². The molecule has 0 aliphatic carbocycles. The molecule has 2 amide bonds. The average molecular weight is 338 g/mol. The second-order valence-electron chi connectivity index (χ2n) is 5.74. The van der Waals surface area contributed by atoms with Crippen molar-refractivity contribution in [3.05, 3.63) is 65.5 Å². The van der Waals surface area contributed by atoms with Crippen molar-refractivity contribution in [2.75, 3.05) is 13.2 Å². The third kappa shape index (κ3) is 3.91. The number of amides is 2. The van der Waals surface area contributed by atoms with Crippen LogP contribution in [0.3, 0.4) is 0 Å². The molecule has 0 unspecified atom stereocenters. The van der Waals surface area contributed by atoms with Gasteiger partial charge in [-0.25, -0.2) is 0 Å². The highest BCUT2D eigenvalue weighted by Crippen LogP contribution is 2.22. The largest absolute Gasteiger partial charge is 0.466 e. The highest BCUT2D eigenvalue weighted by Gasteiger charge is 2.35. The van der Waals surface area contributed by atoms with Crippen molar-refractivity contribution in [2.24, 2.45) is 0 Å². The minimum absolute atomic E-state index is 0.000720. The van der Waals surface area contributed by atoms with Gasteiger partial charge in [0.05, 0.1) is 24.2 Å². The molecule has 1 aromatic carbocycles. The molecule has 6 heteroatoms. The third-order valence-corrected chi connectivity index (χ3v) is 4.04. The Morgan fingerprint density at radius 2 is 1.64 bits per heavy atom. The number of pyridine rings is 1. The predicted octanol–water partition coefficient (Wildman–Crippen LogP) is 2.24. The summed E-state index contributed by atoms with van der Waals surface area (Å²) in [4.78, 5) is 41.2. The highest BCUT2D eigenvalue weighted by atomic mass is 16.5. The van der Waals surface area contributed by atoms with Crippen LogP contribution in [0.2, 0.25) is 0 Å². The molecule has 3 rings (SSSR count). The van der Waals surface area contributed by atoms with E-state index in [1.807, 2.05) is 12.1 Å². The SMILES string of the molecule is O=C(CCN1C(=O)c2ccccc2C1=O)OCCCc1ccncc1. The van der Waals surface area contributed by atoms with Crippen LogP contribution < -0.4 is 0 Å².